The van der Waals surface area contributed by atoms with Gasteiger partial charge in [-0.15, -0.1) is 0 Å². The number of rotatable bonds is 7. The van der Waals surface area contributed by atoms with E-state index in [0.717, 1.165) is 0 Å². The van der Waals surface area contributed by atoms with E-state index >= 15 is 0 Å². The average Bonchev–Trinajstić information content (AvgIpc) is 2.49. The Hall–Kier alpha value is -2.57. The van der Waals surface area contributed by atoms with E-state index in [2.05, 4.69) is 16.0 Å². The van der Waals surface area contributed by atoms with Crippen LogP contribution in [0, 0.1) is 5.92 Å². The maximum absolute atomic E-state index is 12.0. The largest absolute Gasteiger partial charge is 0.449 e. The summed E-state index contributed by atoms with van der Waals surface area (Å²) in [5, 5.41) is 7.84. The second-order valence-electron chi connectivity index (χ2n) is 5.44. The van der Waals surface area contributed by atoms with Crippen molar-refractivity contribution in [2.24, 2.45) is 5.92 Å². The third kappa shape index (κ3) is 7.85. The predicted octanol–water partition coefficient (Wildman–Crippen LogP) is 1.76. The fourth-order valence-electron chi connectivity index (χ4n) is 1.68. The molecule has 126 valence electrons. The zero-order valence-electron chi connectivity index (χ0n) is 13.6. The van der Waals surface area contributed by atoms with Crippen LogP contribution in [0.1, 0.15) is 31.1 Å². The molecule has 7 heteroatoms. The fraction of sp³-hybridized carbons (Fsp3) is 0.438. The van der Waals surface area contributed by atoms with Crippen LogP contribution in [0.2, 0.25) is 0 Å². The van der Waals surface area contributed by atoms with Gasteiger partial charge in [-0.3, -0.25) is 9.59 Å². The normalized spacial score (nSPS) is 10.1. The Bertz CT molecular complexity index is 558. The van der Waals surface area contributed by atoms with Gasteiger partial charge in [-0.2, -0.15) is 0 Å². The first-order chi connectivity index (χ1) is 10.9. The highest BCUT2D eigenvalue weighted by atomic mass is 16.5. The van der Waals surface area contributed by atoms with Crippen molar-refractivity contribution < 1.29 is 19.1 Å². The van der Waals surface area contributed by atoms with Crippen LogP contribution in [-0.2, 0) is 9.53 Å². The molecule has 0 atom stereocenters. The molecular weight excluding hydrogens is 298 g/mol. The number of nitrogens with one attached hydrogen (secondary N) is 3. The molecule has 0 aliphatic carbocycles. The van der Waals surface area contributed by atoms with Gasteiger partial charge in [0, 0.05) is 31.3 Å². The lowest BCUT2D eigenvalue weighted by Gasteiger charge is -2.10. The maximum Gasteiger partial charge on any atom is 0.407 e. The van der Waals surface area contributed by atoms with E-state index in [4.69, 9.17) is 4.74 Å². The molecule has 3 amide bonds. The van der Waals surface area contributed by atoms with Crippen LogP contribution in [0.4, 0.5) is 10.5 Å². The molecule has 0 heterocycles. The summed E-state index contributed by atoms with van der Waals surface area (Å²) >= 11 is 0. The van der Waals surface area contributed by atoms with Gasteiger partial charge in [0.1, 0.15) is 0 Å². The second-order valence-corrected chi connectivity index (χ2v) is 5.44. The van der Waals surface area contributed by atoms with Gasteiger partial charge in [0.25, 0.3) is 5.91 Å². The number of ether oxygens (including phenoxy) is 1. The number of benzene rings is 1. The molecule has 0 aromatic heterocycles. The second kappa shape index (κ2) is 9.45. The first-order valence-corrected chi connectivity index (χ1v) is 7.45. The lowest BCUT2D eigenvalue weighted by molar-refractivity contribution is -0.114. The molecule has 0 unspecified atom stereocenters. The number of anilines is 1. The Balaban J connectivity index is 2.34. The first kappa shape index (κ1) is 18.5. The number of hydrogen-bond acceptors (Lipinski definition) is 4. The quantitative estimate of drug-likeness (QED) is 0.667. The summed E-state index contributed by atoms with van der Waals surface area (Å²) in [5.74, 6) is -0.211. The number of amides is 3. The fourth-order valence-corrected chi connectivity index (χ4v) is 1.68. The molecule has 3 N–H and O–H groups in total. The van der Waals surface area contributed by atoms with Gasteiger partial charge in [-0.25, -0.2) is 4.79 Å². The molecule has 0 saturated heterocycles. The van der Waals surface area contributed by atoms with E-state index in [1.807, 2.05) is 13.8 Å². The molecule has 1 aromatic carbocycles. The SMILES string of the molecule is CC(=O)Nc1cccc(C(=O)NCCNC(=O)OCC(C)C)c1. The van der Waals surface area contributed by atoms with Crippen LogP contribution >= 0.6 is 0 Å². The van der Waals surface area contributed by atoms with Crippen molar-refractivity contribution in [1.29, 1.82) is 0 Å². The number of alkyl carbamates (subject to hydrolysis) is 1. The van der Waals surface area contributed by atoms with E-state index in [0.29, 0.717) is 17.9 Å². The predicted molar refractivity (Wildman–Crippen MR) is 87.3 cm³/mol. The molecule has 7 nitrogen and oxygen atoms in total. The molecular formula is C16H23N3O4. The van der Waals surface area contributed by atoms with Crippen LogP contribution in [0.5, 0.6) is 0 Å². The van der Waals surface area contributed by atoms with Crippen molar-refractivity contribution in [3.63, 3.8) is 0 Å². The van der Waals surface area contributed by atoms with Gasteiger partial charge >= 0.3 is 6.09 Å². The molecule has 0 radical (unpaired) electrons. The topological polar surface area (TPSA) is 96.5 Å². The van der Waals surface area contributed by atoms with Crippen LogP contribution < -0.4 is 16.0 Å². The van der Waals surface area contributed by atoms with Crippen LogP contribution in [-0.4, -0.2) is 37.6 Å². The summed E-state index contributed by atoms with van der Waals surface area (Å²) in [6.07, 6.45) is -0.499. The maximum atomic E-state index is 12.0. The molecule has 0 bridgehead atoms. The number of carbonyl (C=O) groups excluding carboxylic acids is 3. The molecule has 1 rings (SSSR count). The number of hydrogen-bond donors (Lipinski definition) is 3. The Morgan fingerprint density at radius 3 is 2.48 bits per heavy atom. The Morgan fingerprint density at radius 2 is 1.83 bits per heavy atom. The van der Waals surface area contributed by atoms with Crippen molar-refractivity contribution in [2.75, 3.05) is 25.0 Å². The van der Waals surface area contributed by atoms with Crippen LogP contribution in [0.25, 0.3) is 0 Å². The lowest BCUT2D eigenvalue weighted by atomic mass is 10.2. The summed E-state index contributed by atoms with van der Waals surface area (Å²) in [4.78, 5) is 34.3. The molecule has 0 fully saturated rings. The van der Waals surface area contributed by atoms with Crippen molar-refractivity contribution in [1.82, 2.24) is 10.6 Å². The van der Waals surface area contributed by atoms with E-state index in [-0.39, 0.29) is 30.8 Å². The van der Waals surface area contributed by atoms with Gasteiger partial charge in [-0.05, 0) is 24.1 Å². The van der Waals surface area contributed by atoms with E-state index < -0.39 is 6.09 Å². The highest BCUT2D eigenvalue weighted by Gasteiger charge is 2.07. The average molecular weight is 321 g/mol. The standard InChI is InChI=1S/C16H23N3O4/c1-11(2)10-23-16(22)18-8-7-17-15(21)13-5-4-6-14(9-13)19-12(3)20/h4-6,9,11H,7-8,10H2,1-3H3,(H,17,21)(H,18,22)(H,19,20). The van der Waals surface area contributed by atoms with E-state index in [9.17, 15) is 14.4 Å². The van der Waals surface area contributed by atoms with Gasteiger partial charge < -0.3 is 20.7 Å². The first-order valence-electron chi connectivity index (χ1n) is 7.45. The summed E-state index contributed by atoms with van der Waals surface area (Å²) in [5.41, 5.74) is 0.985. The van der Waals surface area contributed by atoms with Crippen molar-refractivity contribution in [3.8, 4) is 0 Å². The molecule has 0 spiro atoms. The Labute approximate surface area is 135 Å². The van der Waals surface area contributed by atoms with Crippen molar-refractivity contribution in [3.05, 3.63) is 29.8 Å². The van der Waals surface area contributed by atoms with Crippen molar-refractivity contribution in [2.45, 2.75) is 20.8 Å². The monoisotopic (exact) mass is 321 g/mol. The zero-order valence-corrected chi connectivity index (χ0v) is 13.6. The van der Waals surface area contributed by atoms with Gasteiger partial charge in [-0.1, -0.05) is 19.9 Å². The van der Waals surface area contributed by atoms with Gasteiger partial charge in [0.15, 0.2) is 0 Å². The van der Waals surface area contributed by atoms with Gasteiger partial charge in [0.2, 0.25) is 5.91 Å². The summed E-state index contributed by atoms with van der Waals surface area (Å²) in [7, 11) is 0. The molecule has 23 heavy (non-hydrogen) atoms. The van der Waals surface area contributed by atoms with Crippen LogP contribution in [0.3, 0.4) is 0 Å². The minimum Gasteiger partial charge on any atom is -0.449 e. The highest BCUT2D eigenvalue weighted by molar-refractivity contribution is 5.96. The van der Waals surface area contributed by atoms with E-state index in [1.165, 1.54) is 6.92 Å². The molecule has 0 aliphatic heterocycles. The molecule has 0 saturated carbocycles. The Kier molecular flexibility index (Phi) is 7.59. The van der Waals surface area contributed by atoms with Gasteiger partial charge in [0.05, 0.1) is 6.61 Å². The third-order valence-electron chi connectivity index (χ3n) is 2.67. The minimum atomic E-state index is -0.499. The summed E-state index contributed by atoms with van der Waals surface area (Å²) in [6.45, 7) is 6.20. The smallest absolute Gasteiger partial charge is 0.407 e. The molecule has 0 aliphatic rings. The number of carbonyl (C=O) groups is 3. The summed E-state index contributed by atoms with van der Waals surface area (Å²) < 4.78 is 4.94. The summed E-state index contributed by atoms with van der Waals surface area (Å²) in [6, 6.07) is 6.61. The van der Waals surface area contributed by atoms with E-state index in [1.54, 1.807) is 24.3 Å². The highest BCUT2D eigenvalue weighted by Crippen LogP contribution is 2.10. The molecule has 1 aromatic rings. The Morgan fingerprint density at radius 1 is 1.13 bits per heavy atom. The minimum absolute atomic E-state index is 0.202. The van der Waals surface area contributed by atoms with Crippen LogP contribution in [0.15, 0.2) is 24.3 Å². The lowest BCUT2D eigenvalue weighted by Crippen LogP contribution is -2.35. The zero-order chi connectivity index (χ0) is 17.2. The van der Waals surface area contributed by atoms with Crippen molar-refractivity contribution >= 4 is 23.6 Å². The third-order valence-corrected chi connectivity index (χ3v) is 2.67.